The van der Waals surface area contributed by atoms with Gasteiger partial charge in [0.2, 0.25) is 0 Å². The van der Waals surface area contributed by atoms with Gasteiger partial charge in [-0.05, 0) is 53.9 Å². The maximum absolute atomic E-state index is 14.0. The van der Waals surface area contributed by atoms with Crippen molar-refractivity contribution in [1.82, 2.24) is 10.3 Å². The zero-order valence-electron chi connectivity index (χ0n) is 24.5. The average molecular weight is 667 g/mol. The molecular formula is C31H31F5N4O5S. The fourth-order valence-corrected chi connectivity index (χ4v) is 6.03. The van der Waals surface area contributed by atoms with Gasteiger partial charge in [-0.15, -0.1) is 0 Å². The molecule has 0 saturated carbocycles. The third kappa shape index (κ3) is 8.36. The minimum Gasteiger partial charge on any atom is -0.394 e. The number of carbonyl (C=O) groups is 1. The van der Waals surface area contributed by atoms with Gasteiger partial charge in [0.15, 0.2) is 9.84 Å². The number of carbonyl (C=O) groups excluding carboxylic acids is 1. The Morgan fingerprint density at radius 2 is 1.78 bits per heavy atom. The Bertz CT molecular complexity index is 1640. The van der Waals surface area contributed by atoms with E-state index < -0.39 is 65.3 Å². The van der Waals surface area contributed by atoms with Crippen molar-refractivity contribution in [3.63, 3.8) is 0 Å². The summed E-state index contributed by atoms with van der Waals surface area (Å²) in [6, 6.07) is 13.1. The van der Waals surface area contributed by atoms with Gasteiger partial charge >= 0.3 is 12.3 Å². The number of nitrogens with one attached hydrogen (secondary N) is 1. The second-order valence-corrected chi connectivity index (χ2v) is 13.0. The first kappa shape index (κ1) is 34.7. The molecule has 1 aromatic heterocycles. The highest BCUT2D eigenvalue weighted by atomic mass is 32.2. The molecule has 1 aliphatic rings. The molecule has 0 aliphatic carbocycles. The van der Waals surface area contributed by atoms with E-state index >= 15 is 0 Å². The molecule has 3 atom stereocenters. The van der Waals surface area contributed by atoms with Crippen LogP contribution < -0.4 is 10.2 Å². The third-order valence-corrected chi connectivity index (χ3v) is 9.46. The van der Waals surface area contributed by atoms with E-state index in [1.807, 2.05) is 0 Å². The second kappa shape index (κ2) is 14.1. The van der Waals surface area contributed by atoms with Crippen LogP contribution in [0.1, 0.15) is 58.8 Å². The van der Waals surface area contributed by atoms with Gasteiger partial charge in [0, 0.05) is 18.7 Å². The summed E-state index contributed by atoms with van der Waals surface area (Å²) in [5.74, 6) is -0.725. The number of aromatic nitrogens is 1. The number of aliphatic hydroxyl groups excluding tert-OH is 1. The topological polar surface area (TPSA) is 133 Å². The largest absolute Gasteiger partial charge is 0.416 e. The van der Waals surface area contributed by atoms with E-state index in [9.17, 15) is 40.3 Å². The molecule has 2 aromatic carbocycles. The molecule has 0 spiro atoms. The van der Waals surface area contributed by atoms with Crippen molar-refractivity contribution >= 4 is 21.6 Å². The molecule has 1 amide bonds. The molecular weight excluding hydrogens is 635 g/mol. The quantitative estimate of drug-likeness (QED) is 0.251. The summed E-state index contributed by atoms with van der Waals surface area (Å²) in [6.45, 7) is 0.753. The highest BCUT2D eigenvalue weighted by Crippen LogP contribution is 2.37. The number of halogens is 5. The number of benzene rings is 2. The Labute approximate surface area is 262 Å². The van der Waals surface area contributed by atoms with Crippen molar-refractivity contribution in [2.75, 3.05) is 30.4 Å². The molecule has 4 rings (SSSR count). The van der Waals surface area contributed by atoms with E-state index in [0.29, 0.717) is 16.9 Å². The Morgan fingerprint density at radius 1 is 1.11 bits per heavy atom. The van der Waals surface area contributed by atoms with Gasteiger partial charge < -0.3 is 20.1 Å². The predicted octanol–water partition coefficient (Wildman–Crippen LogP) is 5.24. The maximum atomic E-state index is 14.0. The first-order valence-electron chi connectivity index (χ1n) is 14.2. The van der Waals surface area contributed by atoms with Gasteiger partial charge in [0.25, 0.3) is 5.91 Å². The minimum atomic E-state index is -4.51. The van der Waals surface area contributed by atoms with Crippen LogP contribution in [0.2, 0.25) is 0 Å². The van der Waals surface area contributed by atoms with Gasteiger partial charge in [-0.3, -0.25) is 4.79 Å². The zero-order valence-corrected chi connectivity index (χ0v) is 25.4. The van der Waals surface area contributed by atoms with Gasteiger partial charge in [-0.1, -0.05) is 31.2 Å². The SMILES string of the molecule is CCS(=O)(=O)c1ccc([C@H](CO)NC(=O)c2ccc(N3CC(c4ccc(C(F)(F)F)cc4)C[C@H]3COC(F)(F)CC#N)nc2)cc1. The Balaban J connectivity index is 1.50. The number of aliphatic hydroxyl groups is 1. The lowest BCUT2D eigenvalue weighted by Crippen LogP contribution is -2.36. The lowest BCUT2D eigenvalue weighted by atomic mass is 9.95. The lowest BCUT2D eigenvalue weighted by molar-refractivity contribution is -0.236. The summed E-state index contributed by atoms with van der Waals surface area (Å²) in [5.41, 5.74) is 0.329. The summed E-state index contributed by atoms with van der Waals surface area (Å²) >= 11 is 0. The van der Waals surface area contributed by atoms with Crippen molar-refractivity contribution in [3.8, 4) is 6.07 Å². The van der Waals surface area contributed by atoms with E-state index in [-0.39, 0.29) is 35.1 Å². The number of amides is 1. The number of rotatable bonds is 12. The molecule has 3 aromatic rings. The van der Waals surface area contributed by atoms with Crippen LogP contribution in [0.25, 0.3) is 0 Å². The molecule has 0 radical (unpaired) electrons. The van der Waals surface area contributed by atoms with Crippen LogP contribution in [0.3, 0.4) is 0 Å². The van der Waals surface area contributed by atoms with Gasteiger partial charge in [0.05, 0.1) is 53.1 Å². The average Bonchev–Trinajstić information content (AvgIpc) is 3.47. The monoisotopic (exact) mass is 666 g/mol. The highest BCUT2D eigenvalue weighted by Gasteiger charge is 2.38. The maximum Gasteiger partial charge on any atom is 0.416 e. The molecule has 1 unspecified atom stereocenters. The van der Waals surface area contributed by atoms with Crippen LogP contribution >= 0.6 is 0 Å². The van der Waals surface area contributed by atoms with Crippen LogP contribution in [0.15, 0.2) is 71.8 Å². The molecule has 9 nitrogen and oxygen atoms in total. The van der Waals surface area contributed by atoms with Crippen molar-refractivity contribution < 1.29 is 45.0 Å². The van der Waals surface area contributed by atoms with Gasteiger partial charge in [-0.2, -0.15) is 27.2 Å². The molecule has 0 bridgehead atoms. The Kier molecular flexibility index (Phi) is 10.7. The molecule has 1 aliphatic heterocycles. The summed E-state index contributed by atoms with van der Waals surface area (Å²) in [6.07, 6.45) is -7.87. The second-order valence-electron chi connectivity index (χ2n) is 10.7. The smallest absolute Gasteiger partial charge is 0.394 e. The number of hydrogen-bond donors (Lipinski definition) is 2. The van der Waals surface area contributed by atoms with E-state index in [2.05, 4.69) is 10.3 Å². The first-order valence-corrected chi connectivity index (χ1v) is 15.9. The number of hydrogen-bond acceptors (Lipinski definition) is 8. The van der Waals surface area contributed by atoms with Crippen molar-refractivity contribution in [3.05, 3.63) is 89.1 Å². The highest BCUT2D eigenvalue weighted by molar-refractivity contribution is 7.91. The van der Waals surface area contributed by atoms with Crippen LogP contribution in [0.4, 0.5) is 27.8 Å². The Hall–Kier alpha value is -4.13. The number of nitriles is 1. The number of ether oxygens (including phenoxy) is 1. The fraction of sp³-hybridized carbons (Fsp3) is 0.387. The number of sulfone groups is 1. The molecule has 1 saturated heterocycles. The molecule has 2 heterocycles. The van der Waals surface area contributed by atoms with E-state index in [1.165, 1.54) is 67.7 Å². The van der Waals surface area contributed by atoms with Crippen LogP contribution in [-0.2, 0) is 20.8 Å². The first-order chi connectivity index (χ1) is 21.7. The van der Waals surface area contributed by atoms with Gasteiger partial charge in [-0.25, -0.2) is 13.4 Å². The predicted molar refractivity (Wildman–Crippen MR) is 157 cm³/mol. The van der Waals surface area contributed by atoms with Crippen LogP contribution in [0, 0.1) is 11.3 Å². The van der Waals surface area contributed by atoms with E-state index in [0.717, 1.165) is 12.1 Å². The van der Waals surface area contributed by atoms with Crippen LogP contribution in [0.5, 0.6) is 0 Å². The number of anilines is 1. The van der Waals surface area contributed by atoms with Gasteiger partial charge in [0.1, 0.15) is 12.2 Å². The summed E-state index contributed by atoms with van der Waals surface area (Å²) in [4.78, 5) is 19.1. The van der Waals surface area contributed by atoms with Crippen molar-refractivity contribution in [1.29, 1.82) is 5.26 Å². The lowest BCUT2D eigenvalue weighted by Gasteiger charge is -2.27. The molecule has 2 N–H and O–H groups in total. The minimum absolute atomic E-state index is 0.0793. The molecule has 246 valence electrons. The van der Waals surface area contributed by atoms with Crippen molar-refractivity contribution in [2.45, 2.75) is 54.9 Å². The van der Waals surface area contributed by atoms with Crippen LogP contribution in [-0.4, -0.2) is 62.1 Å². The standard InChI is InChI=1S/C31H31F5N4O5S/c1-2-46(43,44)26-10-5-21(6-11-26)27(18-41)39-29(42)22-7-12-28(38-16-22)40-17-23(15-25(40)19-45-30(32,33)13-14-37)20-3-8-24(9-4-20)31(34,35)36/h3-12,16,23,25,27,41H,2,13,15,17-19H2,1H3,(H,39,42)/t23?,25-,27-/m0/s1. The Morgan fingerprint density at radius 3 is 2.33 bits per heavy atom. The third-order valence-electron chi connectivity index (χ3n) is 7.71. The summed E-state index contributed by atoms with van der Waals surface area (Å²) < 4.78 is 96.1. The molecule has 15 heteroatoms. The number of pyridine rings is 1. The summed E-state index contributed by atoms with van der Waals surface area (Å²) in [7, 11) is -3.43. The molecule has 46 heavy (non-hydrogen) atoms. The normalized spacial score (nSPS) is 17.8. The molecule has 1 fully saturated rings. The van der Waals surface area contributed by atoms with Crippen molar-refractivity contribution in [2.24, 2.45) is 0 Å². The fourth-order valence-electron chi connectivity index (χ4n) is 5.14. The summed E-state index contributed by atoms with van der Waals surface area (Å²) in [5, 5.41) is 21.2. The van der Waals surface area contributed by atoms with E-state index in [1.54, 1.807) is 4.90 Å². The zero-order chi connectivity index (χ0) is 33.7. The number of alkyl halides is 5. The van der Waals surface area contributed by atoms with E-state index in [4.69, 9.17) is 10.00 Å². The number of nitrogens with zero attached hydrogens (tertiary/aromatic N) is 3.